The van der Waals surface area contributed by atoms with Crippen molar-refractivity contribution < 1.29 is 14.3 Å². The molecule has 8 nitrogen and oxygen atoms in total. The van der Waals surface area contributed by atoms with Gasteiger partial charge in [-0.3, -0.25) is 4.79 Å². The minimum atomic E-state index is 0.230. The summed E-state index contributed by atoms with van der Waals surface area (Å²) in [5.41, 5.74) is 6.95. The zero-order valence-corrected chi connectivity index (χ0v) is 17.1. The largest absolute Gasteiger partial charge is 0.493 e. The number of carbonyl (C=O) groups is 1. The lowest BCUT2D eigenvalue weighted by Crippen LogP contribution is -2.41. The molecule has 1 aliphatic heterocycles. The maximum absolute atomic E-state index is 12.0. The Labute approximate surface area is 170 Å². The van der Waals surface area contributed by atoms with E-state index in [4.69, 9.17) is 20.2 Å². The van der Waals surface area contributed by atoms with Crippen molar-refractivity contribution >= 4 is 28.6 Å². The Balaban J connectivity index is 1.41. The van der Waals surface area contributed by atoms with Crippen LogP contribution in [0.5, 0.6) is 11.5 Å². The number of nitrogens with zero attached hydrogens (tertiary/aromatic N) is 3. The molecule has 0 bridgehead atoms. The molecule has 1 aliphatic carbocycles. The van der Waals surface area contributed by atoms with E-state index in [9.17, 15) is 4.79 Å². The molecule has 2 heterocycles. The van der Waals surface area contributed by atoms with E-state index >= 15 is 0 Å². The maximum Gasteiger partial charge on any atom is 0.227 e. The Morgan fingerprint density at radius 3 is 2.45 bits per heavy atom. The fourth-order valence-corrected chi connectivity index (χ4v) is 4.00. The smallest absolute Gasteiger partial charge is 0.227 e. The van der Waals surface area contributed by atoms with Crippen LogP contribution in [0.4, 0.5) is 11.8 Å². The van der Waals surface area contributed by atoms with Crippen LogP contribution in [0.25, 0.3) is 10.9 Å². The normalized spacial score (nSPS) is 17.8. The standard InChI is InChI=1S/C21H29N5O3/c1-28-17-10-15-16(11-18(17)29-2)24-21(25-19(15)22)26-8-6-13(7-9-26)12-23-20(27)14-4-3-5-14/h10-11,13-14H,3-9,12H2,1-2H3,(H,23,27)(H2,22,24,25). The molecule has 4 rings (SSSR count). The number of aromatic nitrogens is 2. The van der Waals surface area contributed by atoms with Crippen LogP contribution in [0.1, 0.15) is 32.1 Å². The number of ether oxygens (including phenoxy) is 2. The molecule has 1 aromatic heterocycles. The molecule has 1 saturated heterocycles. The number of nitrogens with two attached hydrogens (primary N) is 1. The molecule has 1 amide bonds. The average molecular weight is 399 g/mol. The van der Waals surface area contributed by atoms with E-state index in [0.29, 0.717) is 29.2 Å². The Morgan fingerprint density at radius 2 is 1.83 bits per heavy atom. The predicted molar refractivity (Wildman–Crippen MR) is 112 cm³/mol. The molecule has 1 saturated carbocycles. The van der Waals surface area contributed by atoms with Crippen LogP contribution in [0, 0.1) is 11.8 Å². The summed E-state index contributed by atoms with van der Waals surface area (Å²) in [4.78, 5) is 23.4. The van der Waals surface area contributed by atoms with Gasteiger partial charge < -0.3 is 25.4 Å². The van der Waals surface area contributed by atoms with Gasteiger partial charge >= 0.3 is 0 Å². The Bertz CT molecular complexity index is 892. The van der Waals surface area contributed by atoms with Gasteiger partial charge in [0.15, 0.2) is 11.5 Å². The number of hydrogen-bond donors (Lipinski definition) is 2. The van der Waals surface area contributed by atoms with Crippen molar-refractivity contribution in [2.75, 3.05) is 44.5 Å². The first kappa shape index (κ1) is 19.5. The molecule has 0 atom stereocenters. The van der Waals surface area contributed by atoms with Gasteiger partial charge in [-0.15, -0.1) is 0 Å². The predicted octanol–water partition coefficient (Wildman–Crippen LogP) is 2.36. The van der Waals surface area contributed by atoms with E-state index in [1.807, 2.05) is 12.1 Å². The van der Waals surface area contributed by atoms with Gasteiger partial charge in [0.05, 0.1) is 19.7 Å². The topological polar surface area (TPSA) is 103 Å². The number of rotatable bonds is 6. The maximum atomic E-state index is 12.0. The highest BCUT2D eigenvalue weighted by atomic mass is 16.5. The Hall–Kier alpha value is -2.77. The number of amides is 1. The summed E-state index contributed by atoms with van der Waals surface area (Å²) >= 11 is 0. The number of anilines is 2. The lowest BCUT2D eigenvalue weighted by atomic mass is 9.84. The van der Waals surface area contributed by atoms with Gasteiger partial charge in [-0.25, -0.2) is 4.98 Å². The third-order valence-corrected chi connectivity index (χ3v) is 6.16. The molecule has 0 spiro atoms. The number of hydrogen-bond acceptors (Lipinski definition) is 7. The quantitative estimate of drug-likeness (QED) is 0.769. The fourth-order valence-electron chi connectivity index (χ4n) is 4.00. The number of piperidine rings is 1. The molecule has 3 N–H and O–H groups in total. The first-order chi connectivity index (χ1) is 14.1. The van der Waals surface area contributed by atoms with Crippen molar-refractivity contribution in [2.45, 2.75) is 32.1 Å². The summed E-state index contributed by atoms with van der Waals surface area (Å²) in [6, 6.07) is 3.64. The first-order valence-corrected chi connectivity index (χ1v) is 10.3. The monoisotopic (exact) mass is 399 g/mol. The lowest BCUT2D eigenvalue weighted by molar-refractivity contribution is -0.127. The van der Waals surface area contributed by atoms with E-state index in [1.165, 1.54) is 6.42 Å². The van der Waals surface area contributed by atoms with E-state index in [-0.39, 0.29) is 11.8 Å². The van der Waals surface area contributed by atoms with Crippen molar-refractivity contribution in [3.05, 3.63) is 12.1 Å². The van der Waals surface area contributed by atoms with Crippen molar-refractivity contribution in [1.82, 2.24) is 15.3 Å². The van der Waals surface area contributed by atoms with E-state index < -0.39 is 0 Å². The summed E-state index contributed by atoms with van der Waals surface area (Å²) in [5, 5.41) is 3.88. The van der Waals surface area contributed by atoms with E-state index in [2.05, 4.69) is 15.2 Å². The van der Waals surface area contributed by atoms with Crippen molar-refractivity contribution in [3.8, 4) is 11.5 Å². The van der Waals surface area contributed by atoms with Crippen LogP contribution < -0.4 is 25.4 Å². The second-order valence-electron chi connectivity index (χ2n) is 7.94. The molecule has 8 heteroatoms. The van der Waals surface area contributed by atoms with Crippen LogP contribution in [0.15, 0.2) is 12.1 Å². The van der Waals surface area contributed by atoms with Crippen molar-refractivity contribution in [2.24, 2.45) is 11.8 Å². The van der Waals surface area contributed by atoms with Crippen LogP contribution in [-0.4, -0.2) is 49.7 Å². The average Bonchev–Trinajstić information content (AvgIpc) is 2.70. The minimum absolute atomic E-state index is 0.230. The number of benzene rings is 1. The van der Waals surface area contributed by atoms with Crippen LogP contribution in [-0.2, 0) is 4.79 Å². The molecule has 0 unspecified atom stereocenters. The van der Waals surface area contributed by atoms with Gasteiger partial charge in [-0.2, -0.15) is 4.98 Å². The zero-order chi connectivity index (χ0) is 20.4. The third kappa shape index (κ3) is 4.02. The summed E-state index contributed by atoms with van der Waals surface area (Å²) in [6.45, 7) is 2.46. The number of carbonyl (C=O) groups excluding carboxylic acids is 1. The Morgan fingerprint density at radius 1 is 1.14 bits per heavy atom. The number of nitrogen functional groups attached to an aromatic ring is 1. The first-order valence-electron chi connectivity index (χ1n) is 10.3. The van der Waals surface area contributed by atoms with Crippen molar-refractivity contribution in [1.29, 1.82) is 0 Å². The van der Waals surface area contributed by atoms with E-state index in [0.717, 1.165) is 56.2 Å². The SMILES string of the molecule is COc1cc2nc(N3CCC(CNC(=O)C4CCC4)CC3)nc(N)c2cc1OC. The molecule has 29 heavy (non-hydrogen) atoms. The van der Waals surface area contributed by atoms with Crippen LogP contribution in [0.2, 0.25) is 0 Å². The second-order valence-corrected chi connectivity index (χ2v) is 7.94. The molecule has 2 aromatic rings. The highest BCUT2D eigenvalue weighted by Crippen LogP contribution is 2.34. The number of methoxy groups -OCH3 is 2. The zero-order valence-electron chi connectivity index (χ0n) is 17.1. The molecule has 2 aliphatic rings. The highest BCUT2D eigenvalue weighted by molar-refractivity contribution is 5.91. The lowest BCUT2D eigenvalue weighted by Gasteiger charge is -2.33. The van der Waals surface area contributed by atoms with Gasteiger partial charge in [-0.05, 0) is 37.7 Å². The van der Waals surface area contributed by atoms with Crippen molar-refractivity contribution in [3.63, 3.8) is 0 Å². The third-order valence-electron chi connectivity index (χ3n) is 6.16. The van der Waals surface area contributed by atoms with Gasteiger partial charge in [0.1, 0.15) is 5.82 Å². The summed E-state index contributed by atoms with van der Waals surface area (Å²) in [5.74, 6) is 3.27. The summed E-state index contributed by atoms with van der Waals surface area (Å²) < 4.78 is 10.7. The summed E-state index contributed by atoms with van der Waals surface area (Å²) in [6.07, 6.45) is 5.27. The number of fused-ring (bicyclic) bond motifs is 1. The van der Waals surface area contributed by atoms with Gasteiger partial charge in [0, 0.05) is 37.0 Å². The van der Waals surface area contributed by atoms with Gasteiger partial charge in [0.25, 0.3) is 0 Å². The summed E-state index contributed by atoms with van der Waals surface area (Å²) in [7, 11) is 3.19. The Kier molecular flexibility index (Phi) is 5.60. The van der Waals surface area contributed by atoms with Gasteiger partial charge in [0.2, 0.25) is 11.9 Å². The second kappa shape index (κ2) is 8.31. The molecular formula is C21H29N5O3. The molecule has 156 valence electrons. The van der Waals surface area contributed by atoms with Crippen LogP contribution >= 0.6 is 0 Å². The minimum Gasteiger partial charge on any atom is -0.493 e. The molecule has 0 radical (unpaired) electrons. The van der Waals surface area contributed by atoms with Gasteiger partial charge in [-0.1, -0.05) is 6.42 Å². The fraction of sp³-hybridized carbons (Fsp3) is 0.571. The highest BCUT2D eigenvalue weighted by Gasteiger charge is 2.27. The van der Waals surface area contributed by atoms with E-state index in [1.54, 1.807) is 14.2 Å². The molecular weight excluding hydrogens is 370 g/mol. The number of nitrogens with one attached hydrogen (secondary N) is 1. The molecule has 2 fully saturated rings. The molecule has 1 aromatic carbocycles. The van der Waals surface area contributed by atoms with Crippen LogP contribution in [0.3, 0.4) is 0 Å².